The molecule has 0 radical (unpaired) electrons. The second-order valence-corrected chi connectivity index (χ2v) is 3.53. The summed E-state index contributed by atoms with van der Waals surface area (Å²) >= 11 is 0. The lowest BCUT2D eigenvalue weighted by molar-refractivity contribution is -0.121. The number of hydrogen-bond acceptors (Lipinski definition) is 3. The molecule has 0 aromatic carbocycles. The predicted octanol–water partition coefficient (Wildman–Crippen LogP) is 1.48. The third kappa shape index (κ3) is 6.21. The molecule has 0 aliphatic carbocycles. The van der Waals surface area contributed by atoms with Crippen molar-refractivity contribution < 1.29 is 4.79 Å². The quantitative estimate of drug-likeness (QED) is 0.320. The van der Waals surface area contributed by atoms with Crippen molar-refractivity contribution in [3.8, 4) is 0 Å². The van der Waals surface area contributed by atoms with Crippen LogP contribution in [0.5, 0.6) is 0 Å². The summed E-state index contributed by atoms with van der Waals surface area (Å²) < 4.78 is 1.72. The van der Waals surface area contributed by atoms with Crippen molar-refractivity contribution in [1.29, 1.82) is 0 Å². The molecule has 7 nitrogen and oxygen atoms in total. The van der Waals surface area contributed by atoms with Crippen LogP contribution in [-0.2, 0) is 11.3 Å². The second kappa shape index (κ2) is 8.18. The van der Waals surface area contributed by atoms with E-state index in [4.69, 9.17) is 5.53 Å². The minimum Gasteiger partial charge on any atom is -0.356 e. The summed E-state index contributed by atoms with van der Waals surface area (Å²) in [5.74, 6) is 0.0179. The number of rotatable bonds is 8. The molecule has 0 aliphatic heterocycles. The molecule has 0 fully saturated rings. The maximum absolute atomic E-state index is 11.4. The smallest absolute Gasteiger partial charge is 0.221 e. The number of azide groups is 1. The van der Waals surface area contributed by atoms with Crippen LogP contribution in [0.4, 0.5) is 0 Å². The molecule has 0 bridgehead atoms. The van der Waals surface area contributed by atoms with Gasteiger partial charge >= 0.3 is 0 Å². The van der Waals surface area contributed by atoms with Gasteiger partial charge in [0, 0.05) is 43.4 Å². The lowest BCUT2D eigenvalue weighted by Gasteiger charge is -2.04. The van der Waals surface area contributed by atoms with Crippen LogP contribution in [0.3, 0.4) is 0 Å². The number of hydrogen-bond donors (Lipinski definition) is 1. The van der Waals surface area contributed by atoms with Gasteiger partial charge in [0.1, 0.15) is 0 Å². The van der Waals surface area contributed by atoms with Gasteiger partial charge < -0.3 is 5.32 Å². The lowest BCUT2D eigenvalue weighted by Crippen LogP contribution is -2.25. The van der Waals surface area contributed by atoms with Crippen molar-refractivity contribution in [3.63, 3.8) is 0 Å². The van der Waals surface area contributed by atoms with Gasteiger partial charge in [0.2, 0.25) is 5.91 Å². The molecule has 0 atom stereocenters. The highest BCUT2D eigenvalue weighted by molar-refractivity contribution is 5.75. The first-order valence-corrected chi connectivity index (χ1v) is 5.58. The predicted molar refractivity (Wildman–Crippen MR) is 63.1 cm³/mol. The average Bonchev–Trinajstić information content (AvgIpc) is 2.84. The van der Waals surface area contributed by atoms with Crippen LogP contribution in [0.15, 0.2) is 23.6 Å². The van der Waals surface area contributed by atoms with E-state index in [0.29, 0.717) is 26.1 Å². The average molecular weight is 236 g/mol. The number of carbonyl (C=O) groups excluding carboxylic acids is 1. The fourth-order valence-electron chi connectivity index (χ4n) is 1.32. The molecule has 17 heavy (non-hydrogen) atoms. The van der Waals surface area contributed by atoms with Crippen LogP contribution in [0, 0.1) is 0 Å². The van der Waals surface area contributed by atoms with E-state index in [1.165, 1.54) is 0 Å². The van der Waals surface area contributed by atoms with Crippen LogP contribution < -0.4 is 5.32 Å². The first-order valence-electron chi connectivity index (χ1n) is 5.58. The van der Waals surface area contributed by atoms with Crippen LogP contribution in [0.2, 0.25) is 0 Å². The molecule has 1 aromatic heterocycles. The summed E-state index contributed by atoms with van der Waals surface area (Å²) in [4.78, 5) is 14.0. The van der Waals surface area contributed by atoms with Crippen molar-refractivity contribution in [2.45, 2.75) is 25.8 Å². The highest BCUT2D eigenvalue weighted by atomic mass is 16.1. The van der Waals surface area contributed by atoms with Crippen LogP contribution in [-0.4, -0.2) is 28.8 Å². The van der Waals surface area contributed by atoms with E-state index in [1.807, 2.05) is 12.3 Å². The zero-order valence-electron chi connectivity index (χ0n) is 9.62. The Morgan fingerprint density at radius 3 is 3.12 bits per heavy atom. The number of aromatic nitrogens is 2. The van der Waals surface area contributed by atoms with E-state index in [9.17, 15) is 4.79 Å². The number of nitrogens with one attached hydrogen (secondary N) is 1. The molecular formula is C10H16N6O. The fraction of sp³-hybridized carbons (Fsp3) is 0.600. The number of unbranched alkanes of at least 4 members (excludes halogenated alkanes) is 1. The summed E-state index contributed by atoms with van der Waals surface area (Å²) in [5, 5.41) is 10.2. The third-order valence-electron chi connectivity index (χ3n) is 2.20. The van der Waals surface area contributed by atoms with Crippen LogP contribution in [0.1, 0.15) is 19.3 Å². The van der Waals surface area contributed by atoms with Crippen molar-refractivity contribution in [2.75, 3.05) is 13.1 Å². The molecule has 0 unspecified atom stereocenters. The van der Waals surface area contributed by atoms with Gasteiger partial charge in [-0.15, -0.1) is 0 Å². The fourth-order valence-corrected chi connectivity index (χ4v) is 1.32. The van der Waals surface area contributed by atoms with Gasteiger partial charge in [-0.3, -0.25) is 9.48 Å². The molecule has 1 N–H and O–H groups in total. The Bertz CT molecular complexity index is 368. The lowest BCUT2D eigenvalue weighted by atomic mass is 10.3. The number of aryl methyl sites for hydroxylation is 1. The van der Waals surface area contributed by atoms with Crippen LogP contribution >= 0.6 is 0 Å². The highest BCUT2D eigenvalue weighted by Crippen LogP contribution is 1.91. The largest absolute Gasteiger partial charge is 0.356 e. The summed E-state index contributed by atoms with van der Waals surface area (Å²) in [6.07, 6.45) is 5.56. The molecule has 1 amide bonds. The highest BCUT2D eigenvalue weighted by Gasteiger charge is 2.00. The SMILES string of the molecule is [N-]=[N+]=NCCCCNC(=O)CCn1cccn1. The molecule has 1 rings (SSSR count). The van der Waals surface area contributed by atoms with E-state index in [0.717, 1.165) is 12.8 Å². The minimum atomic E-state index is 0.0179. The van der Waals surface area contributed by atoms with Crippen molar-refractivity contribution in [2.24, 2.45) is 5.11 Å². The first kappa shape index (κ1) is 13.1. The molecule has 0 spiro atoms. The van der Waals surface area contributed by atoms with Gasteiger partial charge in [-0.05, 0) is 24.4 Å². The molecule has 0 aliphatic rings. The molecule has 92 valence electrons. The Morgan fingerprint density at radius 2 is 2.41 bits per heavy atom. The first-order chi connectivity index (χ1) is 8.33. The maximum Gasteiger partial charge on any atom is 0.221 e. The zero-order valence-corrected chi connectivity index (χ0v) is 9.62. The molecule has 1 aromatic rings. The molecule has 1 heterocycles. The standard InChI is InChI=1S/C10H16N6O/c11-15-13-6-2-1-5-12-10(17)4-9-16-8-3-7-14-16/h3,7-8H,1-2,4-6,9H2,(H,12,17). The summed E-state index contributed by atoms with van der Waals surface area (Å²) in [6, 6.07) is 1.83. The topological polar surface area (TPSA) is 95.7 Å². The van der Waals surface area contributed by atoms with Gasteiger partial charge in [-0.2, -0.15) is 5.10 Å². The van der Waals surface area contributed by atoms with E-state index in [-0.39, 0.29) is 5.91 Å². The Labute approximate surface area is 99.4 Å². The summed E-state index contributed by atoms with van der Waals surface area (Å²) in [5.41, 5.74) is 8.05. The normalized spacial score (nSPS) is 9.65. The molecule has 0 saturated heterocycles. The Balaban J connectivity index is 1.99. The van der Waals surface area contributed by atoms with Gasteiger partial charge in [0.15, 0.2) is 0 Å². The van der Waals surface area contributed by atoms with E-state index >= 15 is 0 Å². The van der Waals surface area contributed by atoms with Gasteiger partial charge in [0.05, 0.1) is 0 Å². The van der Waals surface area contributed by atoms with Crippen molar-refractivity contribution in [3.05, 3.63) is 28.9 Å². The Morgan fingerprint density at radius 1 is 1.53 bits per heavy atom. The second-order valence-electron chi connectivity index (χ2n) is 3.53. The molecule has 7 heteroatoms. The van der Waals surface area contributed by atoms with E-state index < -0.39 is 0 Å². The van der Waals surface area contributed by atoms with Gasteiger partial charge in [0.25, 0.3) is 0 Å². The van der Waals surface area contributed by atoms with Crippen molar-refractivity contribution >= 4 is 5.91 Å². The minimum absolute atomic E-state index is 0.0179. The third-order valence-corrected chi connectivity index (χ3v) is 2.20. The number of nitrogens with zero attached hydrogens (tertiary/aromatic N) is 5. The van der Waals surface area contributed by atoms with Crippen molar-refractivity contribution in [1.82, 2.24) is 15.1 Å². The summed E-state index contributed by atoms with van der Waals surface area (Å²) in [6.45, 7) is 1.70. The molecular weight excluding hydrogens is 220 g/mol. The Kier molecular flexibility index (Phi) is 6.28. The number of amides is 1. The van der Waals surface area contributed by atoms with E-state index in [2.05, 4.69) is 20.4 Å². The van der Waals surface area contributed by atoms with Gasteiger partial charge in [-0.25, -0.2) is 0 Å². The molecule has 0 saturated carbocycles. The maximum atomic E-state index is 11.4. The van der Waals surface area contributed by atoms with Gasteiger partial charge in [-0.1, -0.05) is 5.11 Å². The zero-order chi connectivity index (χ0) is 12.3. The van der Waals surface area contributed by atoms with Crippen LogP contribution in [0.25, 0.3) is 10.4 Å². The van der Waals surface area contributed by atoms with E-state index in [1.54, 1.807) is 10.9 Å². The summed E-state index contributed by atoms with van der Waals surface area (Å²) in [7, 11) is 0. The Hall–Kier alpha value is -2.01. The number of carbonyl (C=O) groups is 1. The monoisotopic (exact) mass is 236 g/mol.